The fourth-order valence-electron chi connectivity index (χ4n) is 3.10. The summed E-state index contributed by atoms with van der Waals surface area (Å²) in [6.07, 6.45) is 3.89. The standard InChI is InChI=1S/C19H19N5O2/c1-13-17(26-12-21-13)18(25)22-15-8-10-24(11-15)19-20-9-7-16(23-19)14-5-3-2-4-6-14/h2-7,9,12,15H,8,10-11H2,1H3,(H,22,25). The second kappa shape index (κ2) is 6.95. The van der Waals surface area contributed by atoms with Crippen molar-refractivity contribution >= 4 is 11.9 Å². The third kappa shape index (κ3) is 3.28. The van der Waals surface area contributed by atoms with E-state index < -0.39 is 0 Å². The first-order chi connectivity index (χ1) is 12.7. The van der Waals surface area contributed by atoms with Gasteiger partial charge in [-0.3, -0.25) is 4.79 Å². The van der Waals surface area contributed by atoms with Gasteiger partial charge < -0.3 is 14.6 Å². The van der Waals surface area contributed by atoms with Gasteiger partial charge in [0.1, 0.15) is 0 Å². The average molecular weight is 349 g/mol. The lowest BCUT2D eigenvalue weighted by Crippen LogP contribution is -2.37. The molecule has 1 N–H and O–H groups in total. The number of carbonyl (C=O) groups excluding carboxylic acids is 1. The summed E-state index contributed by atoms with van der Waals surface area (Å²) >= 11 is 0. The summed E-state index contributed by atoms with van der Waals surface area (Å²) in [5.41, 5.74) is 2.54. The van der Waals surface area contributed by atoms with Crippen LogP contribution in [0.1, 0.15) is 22.7 Å². The van der Waals surface area contributed by atoms with E-state index in [-0.39, 0.29) is 17.7 Å². The summed E-state index contributed by atoms with van der Waals surface area (Å²) in [4.78, 5) is 27.4. The van der Waals surface area contributed by atoms with Crippen molar-refractivity contribution in [1.82, 2.24) is 20.3 Å². The molecule has 1 aromatic carbocycles. The summed E-state index contributed by atoms with van der Waals surface area (Å²) < 4.78 is 5.15. The molecule has 1 saturated heterocycles. The van der Waals surface area contributed by atoms with Gasteiger partial charge in [0.05, 0.1) is 11.4 Å². The van der Waals surface area contributed by atoms with Crippen molar-refractivity contribution in [1.29, 1.82) is 0 Å². The largest absolute Gasteiger partial charge is 0.438 e. The minimum Gasteiger partial charge on any atom is -0.438 e. The minimum absolute atomic E-state index is 0.0241. The Hall–Kier alpha value is -3.22. The molecular weight excluding hydrogens is 330 g/mol. The van der Waals surface area contributed by atoms with Gasteiger partial charge in [-0.1, -0.05) is 30.3 Å². The molecule has 1 atom stereocenters. The van der Waals surface area contributed by atoms with Crippen LogP contribution in [0.25, 0.3) is 11.3 Å². The zero-order chi connectivity index (χ0) is 17.9. The zero-order valence-electron chi connectivity index (χ0n) is 14.4. The van der Waals surface area contributed by atoms with Crippen LogP contribution in [0.4, 0.5) is 5.95 Å². The maximum Gasteiger partial charge on any atom is 0.289 e. The van der Waals surface area contributed by atoms with Gasteiger partial charge in [0, 0.05) is 30.9 Å². The number of hydrogen-bond donors (Lipinski definition) is 1. The van der Waals surface area contributed by atoms with Gasteiger partial charge >= 0.3 is 0 Å². The van der Waals surface area contributed by atoms with Crippen LogP contribution in [0.2, 0.25) is 0 Å². The SMILES string of the molecule is Cc1ncoc1C(=O)NC1CCN(c2nccc(-c3ccccc3)n2)C1. The summed E-state index contributed by atoms with van der Waals surface area (Å²) in [6.45, 7) is 3.21. The second-order valence-electron chi connectivity index (χ2n) is 6.28. The molecule has 0 spiro atoms. The molecular formula is C19H19N5O2. The number of rotatable bonds is 4. The van der Waals surface area contributed by atoms with E-state index in [2.05, 4.69) is 25.2 Å². The van der Waals surface area contributed by atoms with E-state index in [1.807, 2.05) is 36.4 Å². The molecule has 7 heteroatoms. The van der Waals surface area contributed by atoms with Crippen molar-refractivity contribution < 1.29 is 9.21 Å². The highest BCUT2D eigenvalue weighted by Crippen LogP contribution is 2.21. The maximum atomic E-state index is 12.3. The molecule has 0 aliphatic carbocycles. The van der Waals surface area contributed by atoms with E-state index in [1.54, 1.807) is 13.1 Å². The summed E-state index contributed by atoms with van der Waals surface area (Å²) in [7, 11) is 0. The van der Waals surface area contributed by atoms with E-state index in [0.717, 1.165) is 24.2 Å². The number of carbonyl (C=O) groups is 1. The lowest BCUT2D eigenvalue weighted by Gasteiger charge is -2.17. The van der Waals surface area contributed by atoms with Crippen LogP contribution in [0, 0.1) is 6.92 Å². The number of oxazole rings is 1. The smallest absolute Gasteiger partial charge is 0.289 e. The molecule has 0 radical (unpaired) electrons. The number of nitrogens with zero attached hydrogens (tertiary/aromatic N) is 4. The van der Waals surface area contributed by atoms with Gasteiger partial charge in [-0.2, -0.15) is 0 Å². The van der Waals surface area contributed by atoms with Crippen molar-refractivity contribution in [2.75, 3.05) is 18.0 Å². The molecule has 4 rings (SSSR count). The van der Waals surface area contributed by atoms with E-state index in [4.69, 9.17) is 4.42 Å². The van der Waals surface area contributed by atoms with Gasteiger partial charge in [-0.05, 0) is 19.4 Å². The molecule has 1 unspecified atom stereocenters. The Bertz CT molecular complexity index is 909. The highest BCUT2D eigenvalue weighted by Gasteiger charge is 2.27. The monoisotopic (exact) mass is 349 g/mol. The van der Waals surface area contributed by atoms with Crippen LogP contribution in [0.3, 0.4) is 0 Å². The highest BCUT2D eigenvalue weighted by molar-refractivity contribution is 5.92. The Morgan fingerprint density at radius 2 is 2.08 bits per heavy atom. The molecule has 7 nitrogen and oxygen atoms in total. The Morgan fingerprint density at radius 1 is 1.23 bits per heavy atom. The average Bonchev–Trinajstić information content (AvgIpc) is 3.31. The number of nitrogens with one attached hydrogen (secondary N) is 1. The number of hydrogen-bond acceptors (Lipinski definition) is 6. The second-order valence-corrected chi connectivity index (χ2v) is 6.28. The van der Waals surface area contributed by atoms with Gasteiger partial charge in [-0.15, -0.1) is 0 Å². The quantitative estimate of drug-likeness (QED) is 0.779. The number of aryl methyl sites for hydroxylation is 1. The lowest BCUT2D eigenvalue weighted by atomic mass is 10.1. The first kappa shape index (κ1) is 16.3. The van der Waals surface area contributed by atoms with E-state index in [0.29, 0.717) is 18.2 Å². The molecule has 2 aromatic heterocycles. The molecule has 132 valence electrons. The number of aromatic nitrogens is 3. The fourth-order valence-corrected chi connectivity index (χ4v) is 3.10. The van der Waals surface area contributed by atoms with Crippen LogP contribution < -0.4 is 10.2 Å². The van der Waals surface area contributed by atoms with E-state index in [1.165, 1.54) is 6.39 Å². The minimum atomic E-state index is -0.231. The molecule has 1 amide bonds. The molecule has 3 aromatic rings. The Kier molecular flexibility index (Phi) is 4.35. The normalized spacial score (nSPS) is 16.7. The number of anilines is 1. The van der Waals surface area contributed by atoms with Crippen molar-refractivity contribution in [2.24, 2.45) is 0 Å². The van der Waals surface area contributed by atoms with Crippen molar-refractivity contribution in [3.63, 3.8) is 0 Å². The van der Waals surface area contributed by atoms with Crippen molar-refractivity contribution in [3.05, 3.63) is 60.4 Å². The fraction of sp³-hybridized carbons (Fsp3) is 0.263. The van der Waals surface area contributed by atoms with Gasteiger partial charge in [0.2, 0.25) is 11.7 Å². The van der Waals surface area contributed by atoms with Crippen molar-refractivity contribution in [3.8, 4) is 11.3 Å². The van der Waals surface area contributed by atoms with Crippen LogP contribution >= 0.6 is 0 Å². The maximum absolute atomic E-state index is 12.3. The van der Waals surface area contributed by atoms with E-state index in [9.17, 15) is 4.79 Å². The van der Waals surface area contributed by atoms with Crippen molar-refractivity contribution in [2.45, 2.75) is 19.4 Å². The van der Waals surface area contributed by atoms with Crippen LogP contribution in [-0.4, -0.2) is 40.0 Å². The third-order valence-electron chi connectivity index (χ3n) is 4.47. The van der Waals surface area contributed by atoms with Crippen LogP contribution in [0.5, 0.6) is 0 Å². The van der Waals surface area contributed by atoms with Gasteiger partial charge in [0.15, 0.2) is 6.39 Å². The Morgan fingerprint density at radius 3 is 2.85 bits per heavy atom. The van der Waals surface area contributed by atoms with Crippen LogP contribution in [-0.2, 0) is 0 Å². The Labute approximate surface area is 151 Å². The topological polar surface area (TPSA) is 84.2 Å². The lowest BCUT2D eigenvalue weighted by molar-refractivity contribution is 0.0911. The Balaban J connectivity index is 1.44. The molecule has 1 aliphatic heterocycles. The summed E-state index contributed by atoms with van der Waals surface area (Å²) in [6, 6.07) is 11.9. The zero-order valence-corrected chi connectivity index (χ0v) is 14.4. The highest BCUT2D eigenvalue weighted by atomic mass is 16.3. The van der Waals surface area contributed by atoms with Crippen LogP contribution in [0.15, 0.2) is 53.4 Å². The molecule has 1 aliphatic rings. The predicted molar refractivity (Wildman–Crippen MR) is 96.8 cm³/mol. The first-order valence-electron chi connectivity index (χ1n) is 8.55. The number of benzene rings is 1. The molecule has 0 bridgehead atoms. The van der Waals surface area contributed by atoms with Gasteiger partial charge in [-0.25, -0.2) is 15.0 Å². The van der Waals surface area contributed by atoms with Gasteiger partial charge in [0.25, 0.3) is 5.91 Å². The molecule has 3 heterocycles. The molecule has 1 fully saturated rings. The first-order valence-corrected chi connectivity index (χ1v) is 8.55. The predicted octanol–water partition coefficient (Wildman–Crippen LogP) is 2.45. The summed E-state index contributed by atoms with van der Waals surface area (Å²) in [5.74, 6) is 0.718. The third-order valence-corrected chi connectivity index (χ3v) is 4.47. The summed E-state index contributed by atoms with van der Waals surface area (Å²) in [5, 5.41) is 3.00. The molecule has 26 heavy (non-hydrogen) atoms. The van der Waals surface area contributed by atoms with E-state index >= 15 is 0 Å². The number of amides is 1. The molecule has 0 saturated carbocycles.